The third-order valence-corrected chi connectivity index (χ3v) is 5.12. The molecule has 2 aromatic rings. The Labute approximate surface area is 140 Å². The quantitative estimate of drug-likeness (QED) is 0.813. The normalized spacial score (nSPS) is 11.5. The Morgan fingerprint density at radius 1 is 1.29 bits per heavy atom. The Hall–Kier alpha value is -2.32. The van der Waals surface area contributed by atoms with E-state index in [0.717, 1.165) is 9.87 Å². The number of carbonyl (C=O) groups is 1. The molecule has 1 N–H and O–H groups in total. The smallest absolute Gasteiger partial charge is 0.244 e. The highest BCUT2D eigenvalue weighted by atomic mass is 32.2. The lowest BCUT2D eigenvalue weighted by Gasteiger charge is -2.16. The summed E-state index contributed by atoms with van der Waals surface area (Å²) in [6.07, 6.45) is 3.16. The molecule has 1 aromatic heterocycles. The Kier molecular flexibility index (Phi) is 5.99. The van der Waals surface area contributed by atoms with Crippen molar-refractivity contribution in [3.63, 3.8) is 0 Å². The maximum absolute atomic E-state index is 13.1. The number of hydrogen-bond donors (Lipinski definition) is 1. The molecule has 2 rings (SSSR count). The van der Waals surface area contributed by atoms with Crippen LogP contribution in [0.15, 0.2) is 53.7 Å². The molecule has 0 bridgehead atoms. The molecule has 0 atom stereocenters. The van der Waals surface area contributed by atoms with Crippen LogP contribution in [0.2, 0.25) is 0 Å². The molecule has 1 amide bonds. The van der Waals surface area contributed by atoms with Crippen LogP contribution in [-0.4, -0.2) is 43.8 Å². The molecule has 0 saturated carbocycles. The van der Waals surface area contributed by atoms with Gasteiger partial charge in [-0.1, -0.05) is 12.1 Å². The average Bonchev–Trinajstić information content (AvgIpc) is 2.55. The monoisotopic (exact) mass is 351 g/mol. The predicted octanol–water partition coefficient (Wildman–Crippen LogP) is 1.20. The summed E-state index contributed by atoms with van der Waals surface area (Å²) in [5.41, 5.74) is 0.756. The van der Waals surface area contributed by atoms with Crippen LogP contribution in [0.4, 0.5) is 4.39 Å². The number of benzene rings is 1. The maximum atomic E-state index is 13.1. The van der Waals surface area contributed by atoms with Gasteiger partial charge in [0.25, 0.3) is 0 Å². The number of pyridine rings is 1. The molecule has 0 aliphatic rings. The van der Waals surface area contributed by atoms with Crippen LogP contribution in [0, 0.1) is 5.82 Å². The summed E-state index contributed by atoms with van der Waals surface area (Å²) in [5.74, 6) is -0.762. The van der Waals surface area contributed by atoms with Gasteiger partial charge in [-0.3, -0.25) is 9.78 Å². The summed E-state index contributed by atoms with van der Waals surface area (Å²) in [7, 11) is -2.43. The molecule has 24 heavy (non-hydrogen) atoms. The first-order valence-electron chi connectivity index (χ1n) is 7.27. The van der Waals surface area contributed by atoms with Gasteiger partial charge in [0, 0.05) is 26.0 Å². The van der Waals surface area contributed by atoms with Gasteiger partial charge < -0.3 is 5.32 Å². The summed E-state index contributed by atoms with van der Waals surface area (Å²) < 4.78 is 38.5. The predicted molar refractivity (Wildman–Crippen MR) is 87.2 cm³/mol. The summed E-state index contributed by atoms with van der Waals surface area (Å²) in [6.45, 7) is -0.0105. The van der Waals surface area contributed by atoms with Crippen molar-refractivity contribution in [1.29, 1.82) is 0 Å². The average molecular weight is 351 g/mol. The van der Waals surface area contributed by atoms with Crippen molar-refractivity contribution >= 4 is 15.9 Å². The first-order valence-corrected chi connectivity index (χ1v) is 8.71. The molecule has 0 unspecified atom stereocenters. The summed E-state index contributed by atoms with van der Waals surface area (Å²) in [4.78, 5) is 15.7. The van der Waals surface area contributed by atoms with Crippen molar-refractivity contribution in [2.24, 2.45) is 0 Å². The highest BCUT2D eigenvalue weighted by Crippen LogP contribution is 2.11. The fourth-order valence-corrected chi connectivity index (χ4v) is 3.15. The third kappa shape index (κ3) is 4.84. The van der Waals surface area contributed by atoms with Crippen LogP contribution in [0.1, 0.15) is 5.56 Å². The second kappa shape index (κ2) is 7.98. The molecule has 6 nitrogen and oxygen atoms in total. The van der Waals surface area contributed by atoms with E-state index in [2.05, 4.69) is 10.3 Å². The van der Waals surface area contributed by atoms with Crippen molar-refractivity contribution in [2.75, 3.05) is 20.1 Å². The number of carbonyl (C=O) groups excluding carboxylic acids is 1. The topological polar surface area (TPSA) is 79.4 Å². The van der Waals surface area contributed by atoms with Crippen LogP contribution in [0.3, 0.4) is 0 Å². The third-order valence-electron chi connectivity index (χ3n) is 3.33. The zero-order valence-corrected chi connectivity index (χ0v) is 14.0. The van der Waals surface area contributed by atoms with E-state index in [0.29, 0.717) is 13.0 Å². The van der Waals surface area contributed by atoms with Gasteiger partial charge in [-0.25, -0.2) is 12.8 Å². The summed E-state index contributed by atoms with van der Waals surface area (Å²) in [5, 5.41) is 2.62. The van der Waals surface area contributed by atoms with E-state index in [1.807, 2.05) is 0 Å². The lowest BCUT2D eigenvalue weighted by atomic mass is 10.1. The van der Waals surface area contributed by atoms with E-state index >= 15 is 0 Å². The standard InChI is InChI=1S/C16H18FN3O3S/c1-20(24(22,23)15-6-3-8-18-11-15)12-16(21)19-9-7-13-4-2-5-14(17)10-13/h2-6,8,10-11H,7,9,12H2,1H3,(H,19,21). The number of halogens is 1. The molecule has 0 aliphatic carbocycles. The van der Waals surface area contributed by atoms with Crippen LogP contribution < -0.4 is 5.32 Å². The molecule has 0 saturated heterocycles. The first-order chi connectivity index (χ1) is 11.4. The van der Waals surface area contributed by atoms with E-state index in [1.165, 1.54) is 43.7 Å². The minimum absolute atomic E-state index is 0.0278. The molecule has 1 heterocycles. The van der Waals surface area contributed by atoms with Crippen molar-refractivity contribution < 1.29 is 17.6 Å². The Morgan fingerprint density at radius 3 is 2.75 bits per heavy atom. The number of aromatic nitrogens is 1. The molecule has 8 heteroatoms. The number of nitrogens with zero attached hydrogens (tertiary/aromatic N) is 2. The van der Waals surface area contributed by atoms with Gasteiger partial charge in [0.05, 0.1) is 6.54 Å². The highest BCUT2D eigenvalue weighted by molar-refractivity contribution is 7.89. The minimum Gasteiger partial charge on any atom is -0.355 e. The van der Waals surface area contributed by atoms with Crippen molar-refractivity contribution in [3.8, 4) is 0 Å². The fourth-order valence-electron chi connectivity index (χ4n) is 2.06. The molecule has 0 fully saturated rings. The van der Waals surface area contributed by atoms with Gasteiger partial charge in [-0.05, 0) is 36.2 Å². The number of nitrogens with one attached hydrogen (secondary N) is 1. The Balaban J connectivity index is 1.85. The second-order valence-electron chi connectivity index (χ2n) is 5.18. The van der Waals surface area contributed by atoms with Crippen LogP contribution in [0.5, 0.6) is 0 Å². The largest absolute Gasteiger partial charge is 0.355 e. The number of hydrogen-bond acceptors (Lipinski definition) is 4. The van der Waals surface area contributed by atoms with Crippen molar-refractivity contribution in [1.82, 2.24) is 14.6 Å². The van der Waals surface area contributed by atoms with Gasteiger partial charge >= 0.3 is 0 Å². The van der Waals surface area contributed by atoms with Gasteiger partial charge in [-0.2, -0.15) is 4.31 Å². The lowest BCUT2D eigenvalue weighted by molar-refractivity contribution is -0.121. The summed E-state index contributed by atoms with van der Waals surface area (Å²) in [6, 6.07) is 9.03. The van der Waals surface area contributed by atoms with E-state index in [1.54, 1.807) is 12.1 Å². The minimum atomic E-state index is -3.76. The Bertz CT molecular complexity index is 797. The van der Waals surface area contributed by atoms with E-state index in [9.17, 15) is 17.6 Å². The summed E-state index contributed by atoms with van der Waals surface area (Å²) >= 11 is 0. The highest BCUT2D eigenvalue weighted by Gasteiger charge is 2.22. The Morgan fingerprint density at radius 2 is 2.08 bits per heavy atom. The van der Waals surface area contributed by atoms with Crippen LogP contribution in [0.25, 0.3) is 0 Å². The molecule has 0 spiro atoms. The molecule has 0 radical (unpaired) electrons. The first kappa shape index (κ1) is 18.0. The number of rotatable bonds is 7. The SMILES string of the molecule is CN(CC(=O)NCCc1cccc(F)c1)S(=O)(=O)c1cccnc1. The lowest BCUT2D eigenvalue weighted by Crippen LogP contribution is -2.39. The van der Waals surface area contributed by atoms with Crippen LogP contribution >= 0.6 is 0 Å². The van der Waals surface area contributed by atoms with Gasteiger partial charge in [-0.15, -0.1) is 0 Å². The molecular formula is C16H18FN3O3S. The van der Waals surface area contributed by atoms with Gasteiger partial charge in [0.1, 0.15) is 10.7 Å². The van der Waals surface area contributed by atoms with Gasteiger partial charge in [0.2, 0.25) is 15.9 Å². The van der Waals surface area contributed by atoms with Crippen LogP contribution in [-0.2, 0) is 21.2 Å². The zero-order chi connectivity index (χ0) is 17.6. The van der Waals surface area contributed by atoms with E-state index in [-0.39, 0.29) is 17.3 Å². The fraction of sp³-hybridized carbons (Fsp3) is 0.250. The molecule has 128 valence electrons. The van der Waals surface area contributed by atoms with E-state index < -0.39 is 15.9 Å². The van der Waals surface area contributed by atoms with Crippen molar-refractivity contribution in [2.45, 2.75) is 11.3 Å². The molecular weight excluding hydrogens is 333 g/mol. The second-order valence-corrected chi connectivity index (χ2v) is 7.22. The van der Waals surface area contributed by atoms with Gasteiger partial charge in [0.15, 0.2) is 0 Å². The van der Waals surface area contributed by atoms with Crippen molar-refractivity contribution in [3.05, 3.63) is 60.2 Å². The molecule has 1 aromatic carbocycles. The number of amides is 1. The maximum Gasteiger partial charge on any atom is 0.244 e. The number of sulfonamides is 1. The number of likely N-dealkylation sites (N-methyl/N-ethyl adjacent to an activating group) is 1. The van der Waals surface area contributed by atoms with E-state index in [4.69, 9.17) is 0 Å². The molecule has 0 aliphatic heterocycles. The zero-order valence-electron chi connectivity index (χ0n) is 13.1.